The van der Waals surface area contributed by atoms with E-state index in [1.807, 2.05) is 31.1 Å². The number of benzene rings is 3. The Morgan fingerprint density at radius 2 is 1.87 bits per heavy atom. The SMILES string of the molecule is CN(C)c1ccc(C2C(C(=O)c3cc4cc(Br)ccc4o3)=C(O)C(=O)N2c2nc3ccc(F)cc3[nH]2)cc1. The molecule has 0 spiro atoms. The Morgan fingerprint density at radius 1 is 1.11 bits per heavy atom. The Balaban J connectivity index is 1.50. The van der Waals surface area contributed by atoms with Crippen molar-refractivity contribution in [2.75, 3.05) is 23.9 Å². The number of H-pyrrole nitrogens is 1. The van der Waals surface area contributed by atoms with Crippen molar-refractivity contribution in [1.29, 1.82) is 0 Å². The Bertz CT molecular complexity index is 1790. The van der Waals surface area contributed by atoms with Crippen molar-refractivity contribution in [3.8, 4) is 0 Å². The summed E-state index contributed by atoms with van der Waals surface area (Å²) in [7, 11) is 3.79. The summed E-state index contributed by atoms with van der Waals surface area (Å²) < 4.78 is 20.5. The van der Waals surface area contributed by atoms with Crippen molar-refractivity contribution < 1.29 is 23.5 Å². The molecule has 0 saturated carbocycles. The molecule has 3 aromatic carbocycles. The largest absolute Gasteiger partial charge is 0.503 e. The van der Waals surface area contributed by atoms with Crippen molar-refractivity contribution in [2.24, 2.45) is 0 Å². The number of ketones is 1. The maximum Gasteiger partial charge on any atom is 0.296 e. The maximum atomic E-state index is 13.8. The van der Waals surface area contributed by atoms with Crippen LogP contribution in [-0.2, 0) is 4.79 Å². The number of nitrogens with one attached hydrogen (secondary N) is 1. The van der Waals surface area contributed by atoms with Gasteiger partial charge >= 0.3 is 0 Å². The van der Waals surface area contributed by atoms with Crippen molar-refractivity contribution in [1.82, 2.24) is 9.97 Å². The van der Waals surface area contributed by atoms with Crippen LogP contribution in [0.15, 0.2) is 87.0 Å². The zero-order valence-corrected chi connectivity index (χ0v) is 21.8. The number of carbonyl (C=O) groups excluding carboxylic acids is 2. The van der Waals surface area contributed by atoms with E-state index >= 15 is 0 Å². The highest BCUT2D eigenvalue weighted by Crippen LogP contribution is 2.42. The summed E-state index contributed by atoms with van der Waals surface area (Å²) in [6, 6.07) is 17.2. The second-order valence-electron chi connectivity index (χ2n) is 9.17. The fraction of sp³-hybridized carbons (Fsp3) is 0.107. The first-order valence-corrected chi connectivity index (χ1v) is 12.4. The predicted molar refractivity (Wildman–Crippen MR) is 145 cm³/mol. The fourth-order valence-electron chi connectivity index (χ4n) is 4.67. The van der Waals surface area contributed by atoms with Gasteiger partial charge in [0, 0.05) is 29.6 Å². The van der Waals surface area contributed by atoms with Crippen LogP contribution in [0, 0.1) is 5.82 Å². The van der Waals surface area contributed by atoms with E-state index in [1.54, 1.807) is 36.4 Å². The minimum Gasteiger partial charge on any atom is -0.503 e. The van der Waals surface area contributed by atoms with Crippen LogP contribution in [-0.4, -0.2) is 40.9 Å². The third-order valence-corrected chi connectivity index (χ3v) is 7.03. The number of rotatable bonds is 5. The fourth-order valence-corrected chi connectivity index (χ4v) is 5.05. The first-order valence-electron chi connectivity index (χ1n) is 11.6. The zero-order chi connectivity index (χ0) is 26.7. The number of aromatic amines is 1. The molecule has 10 heteroatoms. The summed E-state index contributed by atoms with van der Waals surface area (Å²) >= 11 is 3.41. The second kappa shape index (κ2) is 8.84. The number of aliphatic hydroxyl groups excluding tert-OH is 1. The van der Waals surface area contributed by atoms with Gasteiger partial charge in [0.05, 0.1) is 22.6 Å². The number of halogens is 2. The van der Waals surface area contributed by atoms with E-state index in [0.717, 1.165) is 10.2 Å². The number of fused-ring (bicyclic) bond motifs is 2. The lowest BCUT2D eigenvalue weighted by molar-refractivity contribution is -0.117. The van der Waals surface area contributed by atoms with E-state index in [-0.39, 0.29) is 17.3 Å². The summed E-state index contributed by atoms with van der Waals surface area (Å²) in [6.07, 6.45) is 0. The van der Waals surface area contributed by atoms with Gasteiger partial charge in [-0.2, -0.15) is 0 Å². The van der Waals surface area contributed by atoms with Crippen LogP contribution >= 0.6 is 15.9 Å². The Labute approximate surface area is 224 Å². The molecule has 1 atom stereocenters. The van der Waals surface area contributed by atoms with Crippen LogP contribution in [0.4, 0.5) is 16.0 Å². The highest BCUT2D eigenvalue weighted by molar-refractivity contribution is 9.10. The molecule has 1 aliphatic rings. The topological polar surface area (TPSA) is 103 Å². The lowest BCUT2D eigenvalue weighted by atomic mass is 9.95. The number of carbonyl (C=O) groups is 2. The average Bonchev–Trinajstić information content (AvgIpc) is 3.57. The summed E-state index contributed by atoms with van der Waals surface area (Å²) in [5, 5.41) is 11.7. The van der Waals surface area contributed by atoms with Gasteiger partial charge in [0.15, 0.2) is 11.5 Å². The standard InChI is InChI=1S/C28H20BrFN4O4/c1-33(2)18-7-3-14(4-8-18)24-23(25(35)22-12-15-11-16(29)5-10-21(15)38-22)26(36)27(37)34(24)28-31-19-9-6-17(30)13-20(19)32-28/h3-13,24,36H,1-2H3,(H,31,32). The minimum absolute atomic E-state index is 0.0177. The third kappa shape index (κ3) is 3.84. The molecule has 8 nitrogen and oxygen atoms in total. The molecule has 1 amide bonds. The van der Waals surface area contributed by atoms with Gasteiger partial charge in [0.2, 0.25) is 11.7 Å². The molecular formula is C28H20BrFN4O4. The lowest BCUT2D eigenvalue weighted by Crippen LogP contribution is -2.32. The molecule has 6 rings (SSSR count). The van der Waals surface area contributed by atoms with Crippen LogP contribution in [0.2, 0.25) is 0 Å². The lowest BCUT2D eigenvalue weighted by Gasteiger charge is -2.25. The molecule has 0 saturated heterocycles. The first-order chi connectivity index (χ1) is 18.2. The van der Waals surface area contributed by atoms with Crippen LogP contribution in [0.5, 0.6) is 0 Å². The quantitative estimate of drug-likeness (QED) is 0.247. The molecule has 2 N–H and O–H groups in total. The maximum absolute atomic E-state index is 13.8. The van der Waals surface area contributed by atoms with Crippen molar-refractivity contribution in [2.45, 2.75) is 6.04 Å². The molecule has 3 heterocycles. The highest BCUT2D eigenvalue weighted by Gasteiger charge is 2.46. The van der Waals surface area contributed by atoms with E-state index < -0.39 is 29.3 Å². The van der Waals surface area contributed by atoms with E-state index in [9.17, 15) is 19.1 Å². The van der Waals surface area contributed by atoms with Gasteiger partial charge in [-0.3, -0.25) is 14.5 Å². The summed E-state index contributed by atoms with van der Waals surface area (Å²) in [5.41, 5.74) is 2.63. The summed E-state index contributed by atoms with van der Waals surface area (Å²) in [4.78, 5) is 37.8. The number of Topliss-reactive ketones (excluding diaryl/α,β-unsaturated/α-hetero) is 1. The van der Waals surface area contributed by atoms with Crippen LogP contribution in [0.3, 0.4) is 0 Å². The van der Waals surface area contributed by atoms with Gasteiger partial charge < -0.3 is 19.4 Å². The number of aliphatic hydroxyl groups is 1. The van der Waals surface area contributed by atoms with Gasteiger partial charge in [-0.15, -0.1) is 0 Å². The molecule has 38 heavy (non-hydrogen) atoms. The van der Waals surface area contributed by atoms with Crippen molar-refractivity contribution in [3.63, 3.8) is 0 Å². The second-order valence-corrected chi connectivity index (χ2v) is 10.1. The van der Waals surface area contributed by atoms with Gasteiger partial charge in [0.25, 0.3) is 5.91 Å². The van der Waals surface area contributed by atoms with Crippen LogP contribution in [0.25, 0.3) is 22.0 Å². The van der Waals surface area contributed by atoms with Crippen LogP contribution in [0.1, 0.15) is 22.2 Å². The molecule has 0 aliphatic carbocycles. The molecule has 190 valence electrons. The normalized spacial score (nSPS) is 15.7. The number of amides is 1. The smallest absolute Gasteiger partial charge is 0.296 e. The average molecular weight is 575 g/mol. The third-order valence-electron chi connectivity index (χ3n) is 6.54. The van der Waals surface area contributed by atoms with Gasteiger partial charge in [-0.1, -0.05) is 28.1 Å². The number of furan rings is 1. The minimum atomic E-state index is -1.02. The van der Waals surface area contributed by atoms with E-state index in [1.165, 1.54) is 23.1 Å². The molecule has 0 bridgehead atoms. The number of hydrogen-bond acceptors (Lipinski definition) is 6. The zero-order valence-electron chi connectivity index (χ0n) is 20.2. The van der Waals surface area contributed by atoms with Crippen molar-refractivity contribution in [3.05, 3.63) is 99.7 Å². The Morgan fingerprint density at radius 3 is 2.61 bits per heavy atom. The summed E-state index contributed by atoms with van der Waals surface area (Å²) in [5.74, 6) is -2.56. The molecule has 2 aromatic heterocycles. The molecule has 0 fully saturated rings. The monoisotopic (exact) mass is 574 g/mol. The number of nitrogens with zero attached hydrogens (tertiary/aromatic N) is 3. The molecule has 1 unspecified atom stereocenters. The highest BCUT2D eigenvalue weighted by atomic mass is 79.9. The number of aromatic nitrogens is 2. The molecule has 1 aliphatic heterocycles. The molecule has 5 aromatic rings. The number of imidazole rings is 1. The Kier molecular flexibility index (Phi) is 5.57. The van der Waals surface area contributed by atoms with Crippen LogP contribution < -0.4 is 9.80 Å². The summed E-state index contributed by atoms with van der Waals surface area (Å²) in [6.45, 7) is 0. The van der Waals surface area contributed by atoms with E-state index in [0.29, 0.717) is 27.6 Å². The van der Waals surface area contributed by atoms with Gasteiger partial charge in [0.1, 0.15) is 11.4 Å². The van der Waals surface area contributed by atoms with Crippen molar-refractivity contribution >= 4 is 61.3 Å². The molecular weight excluding hydrogens is 555 g/mol. The first kappa shape index (κ1) is 23.9. The predicted octanol–water partition coefficient (Wildman–Crippen LogP) is 6.06. The number of anilines is 2. The van der Waals surface area contributed by atoms with E-state index in [2.05, 4.69) is 25.9 Å². The van der Waals surface area contributed by atoms with E-state index in [4.69, 9.17) is 4.42 Å². The Hall–Kier alpha value is -4.44. The molecule has 0 radical (unpaired) electrons. The van der Waals surface area contributed by atoms with Gasteiger partial charge in [-0.25, -0.2) is 9.37 Å². The number of hydrogen-bond donors (Lipinski definition) is 2. The van der Waals surface area contributed by atoms with Gasteiger partial charge in [-0.05, 0) is 60.2 Å².